The molecule has 0 amide bonds. The van der Waals surface area contributed by atoms with Crippen LogP contribution in [-0.4, -0.2) is 22.8 Å². The smallest absolute Gasteiger partial charge is 0.333 e. The molecule has 1 rings (SSSR count). The minimum atomic E-state index is -0.294. The van der Waals surface area contributed by atoms with E-state index in [1.54, 1.807) is 13.0 Å². The molecule has 0 aliphatic heterocycles. The fraction of sp³-hybridized carbons (Fsp3) is 0.550. The van der Waals surface area contributed by atoms with Crippen molar-refractivity contribution in [1.29, 1.82) is 0 Å². The van der Waals surface area contributed by atoms with Gasteiger partial charge in [0.1, 0.15) is 0 Å². The average Bonchev–Trinajstić information content (AvgIpc) is 2.55. The molecule has 0 aliphatic rings. The van der Waals surface area contributed by atoms with Crippen molar-refractivity contribution in [3.63, 3.8) is 0 Å². The summed E-state index contributed by atoms with van der Waals surface area (Å²) in [5.74, 6) is -0.397. The van der Waals surface area contributed by atoms with Gasteiger partial charge >= 0.3 is 5.97 Å². The van der Waals surface area contributed by atoms with Gasteiger partial charge in [-0.05, 0) is 43.9 Å². The zero-order valence-electron chi connectivity index (χ0n) is 14.7. The van der Waals surface area contributed by atoms with E-state index in [1.807, 2.05) is 6.07 Å². The Bertz CT molecular complexity index is 522. The zero-order chi connectivity index (χ0) is 17.8. The molecule has 0 saturated carbocycles. The summed E-state index contributed by atoms with van der Waals surface area (Å²) in [4.78, 5) is 11.2. The lowest BCUT2D eigenvalue weighted by atomic mass is 10.0. The molecule has 0 atom stereocenters. The summed E-state index contributed by atoms with van der Waals surface area (Å²) in [6.07, 6.45) is 10.1. The van der Waals surface area contributed by atoms with Gasteiger partial charge < -0.3 is 14.9 Å². The SMILES string of the molecule is C=C(C)C(=O)OCCCCCCCCCCc1ccc(O)c(O)c1. The van der Waals surface area contributed by atoms with Crippen LogP contribution in [0, 0.1) is 0 Å². The minimum absolute atomic E-state index is 0.0403. The number of benzene rings is 1. The number of phenols is 2. The van der Waals surface area contributed by atoms with E-state index in [1.165, 1.54) is 38.2 Å². The molecule has 0 spiro atoms. The van der Waals surface area contributed by atoms with Gasteiger partial charge in [0, 0.05) is 5.57 Å². The second-order valence-electron chi connectivity index (χ2n) is 6.32. The molecule has 1 aromatic carbocycles. The quantitative estimate of drug-likeness (QED) is 0.247. The summed E-state index contributed by atoms with van der Waals surface area (Å²) in [6, 6.07) is 5.03. The first kappa shape index (κ1) is 20.1. The average molecular weight is 334 g/mol. The van der Waals surface area contributed by atoms with Crippen LogP contribution in [0.2, 0.25) is 0 Å². The number of ether oxygens (including phenoxy) is 1. The number of carbonyl (C=O) groups excluding carboxylic acids is 1. The summed E-state index contributed by atoms with van der Waals surface area (Å²) >= 11 is 0. The van der Waals surface area contributed by atoms with E-state index >= 15 is 0 Å². The standard InChI is InChI=1S/C20H30O4/c1-16(2)20(23)24-14-10-8-6-4-3-5-7-9-11-17-12-13-18(21)19(22)15-17/h12-13,15,21-22H,1,3-11,14H2,2H3. The van der Waals surface area contributed by atoms with Crippen LogP contribution in [0.15, 0.2) is 30.4 Å². The maximum absolute atomic E-state index is 11.2. The minimum Gasteiger partial charge on any atom is -0.504 e. The zero-order valence-corrected chi connectivity index (χ0v) is 14.7. The van der Waals surface area contributed by atoms with Crippen LogP contribution in [0.4, 0.5) is 0 Å². The highest BCUT2D eigenvalue weighted by Crippen LogP contribution is 2.25. The van der Waals surface area contributed by atoms with Crippen LogP contribution in [0.3, 0.4) is 0 Å². The van der Waals surface area contributed by atoms with Crippen molar-refractivity contribution >= 4 is 5.97 Å². The highest BCUT2D eigenvalue weighted by Gasteiger charge is 2.02. The van der Waals surface area contributed by atoms with E-state index in [0.717, 1.165) is 31.2 Å². The lowest BCUT2D eigenvalue weighted by Gasteiger charge is -2.05. The maximum Gasteiger partial charge on any atom is 0.333 e. The fourth-order valence-electron chi connectivity index (χ4n) is 2.50. The van der Waals surface area contributed by atoms with Crippen LogP contribution in [0.1, 0.15) is 63.9 Å². The maximum atomic E-state index is 11.2. The molecule has 0 radical (unpaired) electrons. The third-order valence-corrected chi connectivity index (χ3v) is 3.98. The molecular weight excluding hydrogens is 304 g/mol. The molecule has 0 aliphatic carbocycles. The third-order valence-electron chi connectivity index (χ3n) is 3.98. The molecule has 0 fully saturated rings. The van der Waals surface area contributed by atoms with Gasteiger partial charge in [0.05, 0.1) is 6.61 Å². The second-order valence-corrected chi connectivity index (χ2v) is 6.32. The number of aromatic hydroxyl groups is 2. The van der Waals surface area contributed by atoms with Gasteiger partial charge in [-0.15, -0.1) is 0 Å². The van der Waals surface area contributed by atoms with Crippen molar-refractivity contribution in [2.24, 2.45) is 0 Å². The number of phenolic OH excluding ortho intramolecular Hbond substituents is 2. The first-order chi connectivity index (χ1) is 11.5. The van der Waals surface area contributed by atoms with Crippen molar-refractivity contribution in [1.82, 2.24) is 0 Å². The van der Waals surface area contributed by atoms with Crippen LogP contribution in [0.5, 0.6) is 11.5 Å². The van der Waals surface area contributed by atoms with Crippen molar-refractivity contribution in [2.45, 2.75) is 64.7 Å². The Balaban J connectivity index is 1.91. The number of aryl methyl sites for hydroxylation is 1. The predicted octanol–water partition coefficient (Wildman–Crippen LogP) is 4.88. The van der Waals surface area contributed by atoms with Crippen LogP contribution >= 0.6 is 0 Å². The molecular formula is C20H30O4. The van der Waals surface area contributed by atoms with Crippen molar-refractivity contribution in [2.75, 3.05) is 6.61 Å². The number of rotatable bonds is 12. The number of hydrogen-bond donors (Lipinski definition) is 2. The molecule has 24 heavy (non-hydrogen) atoms. The van der Waals surface area contributed by atoms with Crippen LogP contribution in [0.25, 0.3) is 0 Å². The van der Waals surface area contributed by atoms with Gasteiger partial charge in [0.2, 0.25) is 0 Å². The molecule has 0 unspecified atom stereocenters. The van der Waals surface area contributed by atoms with E-state index in [0.29, 0.717) is 12.2 Å². The predicted molar refractivity (Wildman–Crippen MR) is 96.2 cm³/mol. The van der Waals surface area contributed by atoms with Crippen LogP contribution in [-0.2, 0) is 16.0 Å². The highest BCUT2D eigenvalue weighted by atomic mass is 16.5. The van der Waals surface area contributed by atoms with Gasteiger partial charge in [-0.3, -0.25) is 0 Å². The summed E-state index contributed by atoms with van der Waals surface area (Å²) < 4.78 is 5.05. The highest BCUT2D eigenvalue weighted by molar-refractivity contribution is 5.86. The van der Waals surface area contributed by atoms with Crippen LogP contribution < -0.4 is 0 Å². The molecule has 0 aromatic heterocycles. The van der Waals surface area contributed by atoms with Gasteiger partial charge in [0.15, 0.2) is 11.5 Å². The van der Waals surface area contributed by atoms with Gasteiger partial charge in [-0.25, -0.2) is 4.79 Å². The third kappa shape index (κ3) is 8.61. The Hall–Kier alpha value is -1.97. The Morgan fingerprint density at radius 3 is 2.12 bits per heavy atom. The fourth-order valence-corrected chi connectivity index (χ4v) is 2.50. The van der Waals surface area contributed by atoms with E-state index in [9.17, 15) is 15.0 Å². The largest absolute Gasteiger partial charge is 0.504 e. The first-order valence-corrected chi connectivity index (χ1v) is 8.84. The van der Waals surface area contributed by atoms with E-state index < -0.39 is 0 Å². The lowest BCUT2D eigenvalue weighted by Crippen LogP contribution is -2.05. The molecule has 0 heterocycles. The first-order valence-electron chi connectivity index (χ1n) is 8.84. The summed E-state index contributed by atoms with van der Waals surface area (Å²) in [6.45, 7) is 5.70. The summed E-state index contributed by atoms with van der Waals surface area (Å²) in [5.41, 5.74) is 1.52. The van der Waals surface area contributed by atoms with Crippen molar-refractivity contribution in [3.8, 4) is 11.5 Å². The normalized spacial score (nSPS) is 10.5. The topological polar surface area (TPSA) is 66.8 Å². The molecule has 1 aromatic rings. The van der Waals surface area contributed by atoms with Gasteiger partial charge in [-0.1, -0.05) is 51.2 Å². The van der Waals surface area contributed by atoms with Crippen molar-refractivity contribution in [3.05, 3.63) is 35.9 Å². The molecule has 4 nitrogen and oxygen atoms in total. The monoisotopic (exact) mass is 334 g/mol. The lowest BCUT2D eigenvalue weighted by molar-refractivity contribution is -0.139. The Labute approximate surface area is 145 Å². The summed E-state index contributed by atoms with van der Waals surface area (Å²) in [7, 11) is 0. The molecule has 134 valence electrons. The Kier molecular flexibility index (Phi) is 9.66. The number of unbranched alkanes of at least 4 members (excludes halogenated alkanes) is 7. The molecule has 2 N–H and O–H groups in total. The Morgan fingerprint density at radius 2 is 1.54 bits per heavy atom. The van der Waals surface area contributed by atoms with Crippen molar-refractivity contribution < 1.29 is 19.7 Å². The number of hydrogen-bond acceptors (Lipinski definition) is 4. The van der Waals surface area contributed by atoms with E-state index in [2.05, 4.69) is 6.58 Å². The molecule has 0 saturated heterocycles. The molecule has 0 bridgehead atoms. The Morgan fingerprint density at radius 1 is 0.958 bits per heavy atom. The number of carbonyl (C=O) groups is 1. The van der Waals surface area contributed by atoms with E-state index in [-0.39, 0.29) is 17.5 Å². The van der Waals surface area contributed by atoms with Gasteiger partial charge in [-0.2, -0.15) is 0 Å². The van der Waals surface area contributed by atoms with Gasteiger partial charge in [0.25, 0.3) is 0 Å². The number of esters is 1. The molecule has 4 heteroatoms. The second kappa shape index (κ2) is 11.5. The van der Waals surface area contributed by atoms with E-state index in [4.69, 9.17) is 4.74 Å². The summed E-state index contributed by atoms with van der Waals surface area (Å²) in [5, 5.41) is 18.7.